The van der Waals surface area contributed by atoms with Crippen LogP contribution < -0.4 is 5.32 Å². The molecule has 0 saturated carbocycles. The van der Waals surface area contributed by atoms with Gasteiger partial charge in [-0.1, -0.05) is 4.49 Å². The fraction of sp³-hybridized carbons (Fsp3) is 0.500. The molecule has 0 aromatic carbocycles. The van der Waals surface area contributed by atoms with Crippen molar-refractivity contribution in [3.8, 4) is 10.8 Å². The summed E-state index contributed by atoms with van der Waals surface area (Å²) < 4.78 is 9.33. The van der Waals surface area contributed by atoms with E-state index < -0.39 is 0 Å². The third-order valence-electron chi connectivity index (χ3n) is 2.09. The van der Waals surface area contributed by atoms with Crippen LogP contribution in [0.3, 0.4) is 0 Å². The van der Waals surface area contributed by atoms with Crippen LogP contribution in [-0.2, 0) is 0 Å². The molecule has 0 spiro atoms. The molecule has 1 unspecified atom stereocenters. The normalized spacial score (nSPS) is 13.0. The average Bonchev–Trinajstić information content (AvgIpc) is 2.84. The lowest BCUT2D eigenvalue weighted by Crippen LogP contribution is -2.12. The molecule has 2 rings (SSSR count). The predicted octanol–water partition coefficient (Wildman–Crippen LogP) is 1.18. The second-order valence-electron chi connectivity index (χ2n) is 3.14. The van der Waals surface area contributed by atoms with Gasteiger partial charge in [-0.05, 0) is 32.4 Å². The van der Waals surface area contributed by atoms with E-state index in [2.05, 4.69) is 25.1 Å². The van der Waals surface area contributed by atoms with Crippen LogP contribution in [0, 0.1) is 6.92 Å². The molecule has 0 fully saturated rings. The Kier molecular flexibility index (Phi) is 2.74. The Morgan fingerprint density at radius 3 is 2.73 bits per heavy atom. The third-order valence-corrected chi connectivity index (χ3v) is 2.91. The average molecular weight is 225 g/mol. The van der Waals surface area contributed by atoms with Gasteiger partial charge < -0.3 is 9.73 Å². The van der Waals surface area contributed by atoms with Gasteiger partial charge in [0.05, 0.1) is 11.7 Å². The van der Waals surface area contributed by atoms with Gasteiger partial charge in [-0.25, -0.2) is 0 Å². The summed E-state index contributed by atoms with van der Waals surface area (Å²) in [6, 6.07) is 0.0486. The Bertz CT molecular complexity index is 451. The largest absolute Gasteiger partial charge is 0.418 e. The molecule has 0 aliphatic heterocycles. The lowest BCUT2D eigenvalue weighted by Gasteiger charge is -2.01. The van der Waals surface area contributed by atoms with Crippen molar-refractivity contribution in [3.05, 3.63) is 11.6 Å². The topological polar surface area (TPSA) is 76.7 Å². The zero-order chi connectivity index (χ0) is 10.8. The van der Waals surface area contributed by atoms with Gasteiger partial charge in [0.15, 0.2) is 0 Å². The summed E-state index contributed by atoms with van der Waals surface area (Å²) in [6.07, 6.45) is 0. The minimum Gasteiger partial charge on any atom is -0.418 e. The molecule has 7 heteroatoms. The van der Waals surface area contributed by atoms with Gasteiger partial charge >= 0.3 is 0 Å². The molecule has 0 saturated heterocycles. The summed E-state index contributed by atoms with van der Waals surface area (Å²) >= 11 is 1.26. The Morgan fingerprint density at radius 2 is 2.13 bits per heavy atom. The van der Waals surface area contributed by atoms with Gasteiger partial charge in [0.25, 0.3) is 5.89 Å². The van der Waals surface area contributed by atoms with E-state index in [1.54, 1.807) is 0 Å². The SMILES string of the molecule is CNC(C)c1nnc(-c2snnc2C)o1. The highest BCUT2D eigenvalue weighted by Crippen LogP contribution is 2.25. The number of hydrogen-bond acceptors (Lipinski definition) is 7. The molecular weight excluding hydrogens is 214 g/mol. The summed E-state index contributed by atoms with van der Waals surface area (Å²) in [4.78, 5) is 0.831. The molecule has 1 atom stereocenters. The van der Waals surface area contributed by atoms with Gasteiger partial charge in [-0.2, -0.15) is 0 Å². The number of hydrogen-bond donors (Lipinski definition) is 1. The van der Waals surface area contributed by atoms with Crippen LogP contribution in [-0.4, -0.2) is 26.8 Å². The second kappa shape index (κ2) is 4.03. The first-order valence-corrected chi connectivity index (χ1v) is 5.29. The first-order valence-electron chi connectivity index (χ1n) is 4.52. The highest BCUT2D eigenvalue weighted by molar-refractivity contribution is 7.09. The summed E-state index contributed by atoms with van der Waals surface area (Å²) in [6.45, 7) is 3.82. The maximum Gasteiger partial charge on any atom is 0.261 e. The highest BCUT2D eigenvalue weighted by Gasteiger charge is 2.16. The van der Waals surface area contributed by atoms with Crippen molar-refractivity contribution in [3.63, 3.8) is 0 Å². The first kappa shape index (κ1) is 10.2. The minimum atomic E-state index is 0.0486. The van der Waals surface area contributed by atoms with Crippen LogP contribution in [0.2, 0.25) is 0 Å². The van der Waals surface area contributed by atoms with Gasteiger partial charge in [0.1, 0.15) is 4.88 Å². The van der Waals surface area contributed by atoms with Crippen molar-refractivity contribution in [2.75, 3.05) is 7.05 Å². The lowest BCUT2D eigenvalue weighted by atomic mass is 10.3. The molecular formula is C8H11N5OS. The van der Waals surface area contributed by atoms with Crippen LogP contribution in [0.15, 0.2) is 4.42 Å². The van der Waals surface area contributed by atoms with E-state index in [0.717, 1.165) is 10.6 Å². The van der Waals surface area contributed by atoms with E-state index in [1.165, 1.54) is 11.5 Å². The summed E-state index contributed by atoms with van der Waals surface area (Å²) in [5, 5.41) is 14.8. The molecule has 0 aliphatic carbocycles. The van der Waals surface area contributed by atoms with E-state index in [0.29, 0.717) is 11.8 Å². The Balaban J connectivity index is 2.32. The van der Waals surface area contributed by atoms with Crippen molar-refractivity contribution in [2.24, 2.45) is 0 Å². The van der Waals surface area contributed by atoms with Gasteiger partial charge in [-0.3, -0.25) is 0 Å². The molecule has 80 valence electrons. The quantitative estimate of drug-likeness (QED) is 0.845. The maximum atomic E-state index is 5.51. The molecule has 15 heavy (non-hydrogen) atoms. The van der Waals surface area contributed by atoms with Gasteiger partial charge in [0, 0.05) is 0 Å². The highest BCUT2D eigenvalue weighted by atomic mass is 32.1. The zero-order valence-electron chi connectivity index (χ0n) is 8.68. The number of aromatic nitrogens is 4. The summed E-state index contributed by atoms with van der Waals surface area (Å²) in [5.74, 6) is 1.06. The zero-order valence-corrected chi connectivity index (χ0v) is 9.50. The van der Waals surface area contributed by atoms with E-state index in [9.17, 15) is 0 Å². The van der Waals surface area contributed by atoms with Gasteiger partial charge in [-0.15, -0.1) is 15.3 Å². The van der Waals surface area contributed by atoms with Crippen LogP contribution in [0.4, 0.5) is 0 Å². The van der Waals surface area contributed by atoms with Crippen molar-refractivity contribution in [1.29, 1.82) is 0 Å². The van der Waals surface area contributed by atoms with E-state index in [4.69, 9.17) is 4.42 Å². The molecule has 2 aromatic heterocycles. The Hall–Kier alpha value is -1.34. The monoisotopic (exact) mass is 225 g/mol. The standard InChI is InChI=1S/C8H11N5OS/c1-4-6(15-13-10-4)8-12-11-7(14-8)5(2)9-3/h5,9H,1-3H3. The molecule has 6 nitrogen and oxygen atoms in total. The van der Waals surface area contributed by atoms with Crippen molar-refractivity contribution in [1.82, 2.24) is 25.1 Å². The molecule has 0 radical (unpaired) electrons. The van der Waals surface area contributed by atoms with Crippen molar-refractivity contribution in [2.45, 2.75) is 19.9 Å². The first-order chi connectivity index (χ1) is 7.22. The van der Waals surface area contributed by atoms with E-state index in [-0.39, 0.29) is 6.04 Å². The van der Waals surface area contributed by atoms with Crippen molar-refractivity contribution < 1.29 is 4.42 Å². The fourth-order valence-corrected chi connectivity index (χ4v) is 1.63. The lowest BCUT2D eigenvalue weighted by molar-refractivity contribution is 0.441. The molecule has 2 aromatic rings. The van der Waals surface area contributed by atoms with E-state index >= 15 is 0 Å². The fourth-order valence-electron chi connectivity index (χ4n) is 1.05. The predicted molar refractivity (Wildman–Crippen MR) is 55.4 cm³/mol. The molecule has 0 amide bonds. The number of aryl methyl sites for hydroxylation is 1. The van der Waals surface area contributed by atoms with E-state index in [1.807, 2.05) is 20.9 Å². The van der Waals surface area contributed by atoms with Gasteiger partial charge in [0.2, 0.25) is 5.89 Å². The van der Waals surface area contributed by atoms with Crippen molar-refractivity contribution >= 4 is 11.5 Å². The summed E-state index contributed by atoms with van der Waals surface area (Å²) in [5.41, 5.74) is 0.812. The van der Waals surface area contributed by atoms with Crippen LogP contribution in [0.25, 0.3) is 10.8 Å². The molecule has 0 aliphatic rings. The number of rotatable bonds is 3. The number of nitrogens with one attached hydrogen (secondary N) is 1. The van der Waals surface area contributed by atoms with Crippen LogP contribution >= 0.6 is 11.5 Å². The maximum absolute atomic E-state index is 5.51. The van der Waals surface area contributed by atoms with Crippen LogP contribution in [0.1, 0.15) is 24.6 Å². The molecule has 2 heterocycles. The van der Waals surface area contributed by atoms with Crippen LogP contribution in [0.5, 0.6) is 0 Å². The third kappa shape index (κ3) is 1.88. The smallest absolute Gasteiger partial charge is 0.261 e. The summed E-state index contributed by atoms with van der Waals surface area (Å²) in [7, 11) is 1.84. The number of nitrogens with zero attached hydrogens (tertiary/aromatic N) is 4. The Morgan fingerprint density at radius 1 is 1.33 bits per heavy atom. The second-order valence-corrected chi connectivity index (χ2v) is 3.90. The molecule has 1 N–H and O–H groups in total. The minimum absolute atomic E-state index is 0.0486. The Labute approximate surface area is 90.9 Å². The molecule has 0 bridgehead atoms.